The number of thioether (sulfide) groups is 1. The van der Waals surface area contributed by atoms with E-state index in [0.717, 1.165) is 22.3 Å². The van der Waals surface area contributed by atoms with E-state index in [-0.39, 0.29) is 0 Å². The van der Waals surface area contributed by atoms with E-state index in [0.29, 0.717) is 0 Å². The first-order chi connectivity index (χ1) is 7.75. The highest BCUT2D eigenvalue weighted by molar-refractivity contribution is 7.98. The Morgan fingerprint density at radius 3 is 2.44 bits per heavy atom. The van der Waals surface area contributed by atoms with Crippen LogP contribution in [0.3, 0.4) is 0 Å². The van der Waals surface area contributed by atoms with Crippen LogP contribution in [0.4, 0.5) is 0 Å². The van der Waals surface area contributed by atoms with Crippen LogP contribution in [0.25, 0.3) is 0 Å². The van der Waals surface area contributed by atoms with Gasteiger partial charge in [0.2, 0.25) is 5.16 Å². The van der Waals surface area contributed by atoms with Crippen molar-refractivity contribution < 1.29 is 0 Å². The van der Waals surface area contributed by atoms with Crippen LogP contribution < -0.4 is 0 Å². The lowest BCUT2D eigenvalue weighted by atomic mass is 10.2. The standard InChI is InChI=1S/C12H13N3S/c1-9-10(2)14-15-12(13-9)16-8-11-6-4-3-5-7-11/h3-7H,8H2,1-2H3. The fourth-order valence-corrected chi connectivity index (χ4v) is 2.01. The molecule has 1 aromatic carbocycles. The molecule has 0 saturated heterocycles. The highest BCUT2D eigenvalue weighted by Crippen LogP contribution is 2.18. The molecule has 1 heterocycles. The van der Waals surface area contributed by atoms with Crippen molar-refractivity contribution >= 4 is 11.8 Å². The normalized spacial score (nSPS) is 10.4. The molecule has 0 N–H and O–H groups in total. The van der Waals surface area contributed by atoms with Gasteiger partial charge in [0.15, 0.2) is 0 Å². The molecule has 0 radical (unpaired) electrons. The summed E-state index contributed by atoms with van der Waals surface area (Å²) in [5.74, 6) is 0.880. The molecule has 0 bridgehead atoms. The van der Waals surface area contributed by atoms with Gasteiger partial charge in [-0.1, -0.05) is 42.1 Å². The van der Waals surface area contributed by atoms with Crippen molar-refractivity contribution in [2.24, 2.45) is 0 Å². The van der Waals surface area contributed by atoms with Crippen molar-refractivity contribution in [1.29, 1.82) is 0 Å². The topological polar surface area (TPSA) is 38.7 Å². The predicted molar refractivity (Wildman–Crippen MR) is 65.3 cm³/mol. The smallest absolute Gasteiger partial charge is 0.209 e. The van der Waals surface area contributed by atoms with Gasteiger partial charge in [0, 0.05) is 5.75 Å². The monoisotopic (exact) mass is 231 g/mol. The lowest BCUT2D eigenvalue weighted by molar-refractivity contribution is 0.789. The minimum absolute atomic E-state index is 0.743. The summed E-state index contributed by atoms with van der Waals surface area (Å²) in [7, 11) is 0. The van der Waals surface area contributed by atoms with Gasteiger partial charge in [-0.25, -0.2) is 4.98 Å². The van der Waals surface area contributed by atoms with Gasteiger partial charge in [0.05, 0.1) is 11.4 Å². The maximum Gasteiger partial charge on any atom is 0.209 e. The maximum absolute atomic E-state index is 4.38. The van der Waals surface area contributed by atoms with Gasteiger partial charge >= 0.3 is 0 Å². The van der Waals surface area contributed by atoms with Gasteiger partial charge in [-0.2, -0.15) is 5.10 Å². The molecule has 2 rings (SSSR count). The van der Waals surface area contributed by atoms with Crippen molar-refractivity contribution in [2.45, 2.75) is 24.8 Å². The first-order valence-corrected chi connectivity index (χ1v) is 6.09. The minimum Gasteiger partial charge on any atom is -0.225 e. The zero-order chi connectivity index (χ0) is 11.4. The molecule has 0 unspecified atom stereocenters. The van der Waals surface area contributed by atoms with Gasteiger partial charge in [0.25, 0.3) is 0 Å². The van der Waals surface area contributed by atoms with Crippen molar-refractivity contribution in [2.75, 3.05) is 0 Å². The van der Waals surface area contributed by atoms with Crippen LogP contribution >= 0.6 is 11.8 Å². The molecule has 0 aliphatic heterocycles. The van der Waals surface area contributed by atoms with Crippen LogP contribution in [0.15, 0.2) is 35.5 Å². The summed E-state index contributed by atoms with van der Waals surface area (Å²) in [6, 6.07) is 10.3. The fraction of sp³-hybridized carbons (Fsp3) is 0.250. The summed E-state index contributed by atoms with van der Waals surface area (Å²) >= 11 is 1.61. The average Bonchev–Trinajstić information content (AvgIpc) is 2.32. The first kappa shape index (κ1) is 11.1. The number of rotatable bonds is 3. The van der Waals surface area contributed by atoms with Gasteiger partial charge in [-0.15, -0.1) is 5.10 Å². The SMILES string of the molecule is Cc1nnc(SCc2ccccc2)nc1C. The van der Waals surface area contributed by atoms with Crippen LogP contribution in [0.1, 0.15) is 17.0 Å². The molecule has 0 aliphatic carbocycles. The van der Waals surface area contributed by atoms with E-state index in [2.05, 4.69) is 27.3 Å². The van der Waals surface area contributed by atoms with Crippen molar-refractivity contribution in [3.8, 4) is 0 Å². The second-order valence-electron chi connectivity index (χ2n) is 3.54. The Morgan fingerprint density at radius 1 is 1.00 bits per heavy atom. The number of hydrogen-bond donors (Lipinski definition) is 0. The van der Waals surface area contributed by atoms with Crippen molar-refractivity contribution in [3.05, 3.63) is 47.3 Å². The molecular weight excluding hydrogens is 218 g/mol. The molecule has 82 valence electrons. The van der Waals surface area contributed by atoms with E-state index in [9.17, 15) is 0 Å². The molecule has 16 heavy (non-hydrogen) atoms. The van der Waals surface area contributed by atoms with E-state index in [1.54, 1.807) is 11.8 Å². The first-order valence-electron chi connectivity index (χ1n) is 5.10. The molecule has 2 aromatic rings. The molecular formula is C12H13N3S. The van der Waals surface area contributed by atoms with Gasteiger partial charge in [0.1, 0.15) is 0 Å². The molecule has 0 spiro atoms. The summed E-state index contributed by atoms with van der Waals surface area (Å²) in [5, 5.41) is 8.86. The molecule has 3 nitrogen and oxygen atoms in total. The lowest BCUT2D eigenvalue weighted by Crippen LogP contribution is -1.97. The highest BCUT2D eigenvalue weighted by atomic mass is 32.2. The van der Waals surface area contributed by atoms with Crippen molar-refractivity contribution in [3.63, 3.8) is 0 Å². The molecule has 0 atom stereocenters. The Balaban J connectivity index is 2.03. The Morgan fingerprint density at radius 2 is 1.75 bits per heavy atom. The largest absolute Gasteiger partial charge is 0.225 e. The summed E-state index contributed by atoms with van der Waals surface area (Å²) in [5.41, 5.74) is 3.11. The Bertz CT molecular complexity index is 471. The molecule has 0 saturated carbocycles. The fourth-order valence-electron chi connectivity index (χ4n) is 1.22. The highest BCUT2D eigenvalue weighted by Gasteiger charge is 2.02. The average molecular weight is 231 g/mol. The van der Waals surface area contributed by atoms with E-state index in [4.69, 9.17) is 0 Å². The van der Waals surface area contributed by atoms with Gasteiger partial charge in [-0.05, 0) is 19.4 Å². The third kappa shape index (κ3) is 2.79. The molecule has 4 heteroatoms. The molecule has 1 aromatic heterocycles. The number of benzene rings is 1. The zero-order valence-corrected chi connectivity index (χ0v) is 10.2. The van der Waals surface area contributed by atoms with Crippen molar-refractivity contribution in [1.82, 2.24) is 15.2 Å². The number of nitrogens with zero attached hydrogens (tertiary/aromatic N) is 3. The van der Waals surface area contributed by atoms with Crippen LogP contribution in [0.2, 0.25) is 0 Å². The van der Waals surface area contributed by atoms with Crippen LogP contribution in [0, 0.1) is 13.8 Å². The number of hydrogen-bond acceptors (Lipinski definition) is 4. The lowest BCUT2D eigenvalue weighted by Gasteiger charge is -2.02. The second-order valence-corrected chi connectivity index (χ2v) is 4.48. The van der Waals surface area contributed by atoms with E-state index < -0.39 is 0 Å². The number of aryl methyl sites for hydroxylation is 2. The maximum atomic E-state index is 4.38. The summed E-state index contributed by atoms with van der Waals surface area (Å²) < 4.78 is 0. The zero-order valence-electron chi connectivity index (χ0n) is 9.34. The summed E-state index contributed by atoms with van der Waals surface area (Å²) in [4.78, 5) is 4.38. The van der Waals surface area contributed by atoms with Gasteiger partial charge in [-0.3, -0.25) is 0 Å². The van der Waals surface area contributed by atoms with Crippen LogP contribution in [-0.4, -0.2) is 15.2 Å². The Kier molecular flexibility index (Phi) is 3.51. The number of aromatic nitrogens is 3. The Hall–Kier alpha value is -1.42. The van der Waals surface area contributed by atoms with E-state index in [1.165, 1.54) is 5.56 Å². The van der Waals surface area contributed by atoms with E-state index in [1.807, 2.05) is 32.0 Å². The predicted octanol–water partition coefficient (Wildman–Crippen LogP) is 2.78. The van der Waals surface area contributed by atoms with Gasteiger partial charge < -0.3 is 0 Å². The summed E-state index contributed by atoms with van der Waals surface area (Å²) in [6.07, 6.45) is 0. The Labute approximate surface area is 99.3 Å². The summed E-state index contributed by atoms with van der Waals surface area (Å²) in [6.45, 7) is 3.87. The third-order valence-electron chi connectivity index (χ3n) is 2.28. The third-order valence-corrected chi connectivity index (χ3v) is 3.19. The quantitative estimate of drug-likeness (QED) is 0.761. The molecule has 0 amide bonds. The molecule has 0 aliphatic rings. The second kappa shape index (κ2) is 5.07. The van der Waals surface area contributed by atoms with Crippen LogP contribution in [0.5, 0.6) is 0 Å². The van der Waals surface area contributed by atoms with Crippen LogP contribution in [-0.2, 0) is 5.75 Å². The van der Waals surface area contributed by atoms with E-state index >= 15 is 0 Å². The minimum atomic E-state index is 0.743. The molecule has 0 fully saturated rings.